The minimum Gasteiger partial charge on any atom is -0.0925 e. The summed E-state index contributed by atoms with van der Waals surface area (Å²) in [6.07, 6.45) is 0. The minimum absolute atomic E-state index is 0.0872. The van der Waals surface area contributed by atoms with Gasteiger partial charge in [0.25, 0.3) is 0 Å². The van der Waals surface area contributed by atoms with Crippen LogP contribution < -0.4 is 0 Å². The van der Waals surface area contributed by atoms with E-state index in [1.165, 1.54) is 0 Å². The maximum Gasteiger partial charge on any atom is 0.0393 e. The van der Waals surface area contributed by atoms with Gasteiger partial charge in [0.05, 0.1) is 0 Å². The zero-order valence-electron chi connectivity index (χ0n) is 11.2. The fourth-order valence-corrected chi connectivity index (χ4v) is 2.64. The Morgan fingerprint density at radius 1 is 0.733 bits per heavy atom. The smallest absolute Gasteiger partial charge is 0.0393 e. The second-order valence-corrected chi connectivity index (χ2v) is 5.02. The van der Waals surface area contributed by atoms with Gasteiger partial charge in [-0.3, -0.25) is 0 Å². The summed E-state index contributed by atoms with van der Waals surface area (Å²) < 4.78 is 0. The van der Waals surface area contributed by atoms with Crippen molar-refractivity contribution in [2.24, 2.45) is 23.2 Å². The minimum atomic E-state index is 0.0872. The van der Waals surface area contributed by atoms with Crippen LogP contribution in [0.1, 0.15) is 48.5 Å². The Morgan fingerprint density at radius 2 is 1.13 bits per heavy atom. The second kappa shape index (κ2) is 5.87. The lowest BCUT2D eigenvalue weighted by atomic mass is 9.63. The zero-order chi connectivity index (χ0) is 12.1. The van der Waals surface area contributed by atoms with Crippen molar-refractivity contribution < 1.29 is 0 Å². The molecule has 0 nitrogen and oxygen atoms in total. The molecule has 15 heavy (non-hydrogen) atoms. The van der Waals surface area contributed by atoms with Crippen LogP contribution in [0.2, 0.25) is 0 Å². The zero-order valence-corrected chi connectivity index (χ0v) is 11.2. The molecule has 0 radical (unpaired) electrons. The molecule has 0 saturated heterocycles. The number of rotatable bonds is 3. The van der Waals surface area contributed by atoms with Crippen LogP contribution in [0.25, 0.3) is 0 Å². The van der Waals surface area contributed by atoms with Crippen molar-refractivity contribution in [3.8, 4) is 23.7 Å². The summed E-state index contributed by atoms with van der Waals surface area (Å²) in [5.41, 5.74) is 0.0872. The summed E-state index contributed by atoms with van der Waals surface area (Å²) in [4.78, 5) is 0. The largest absolute Gasteiger partial charge is 0.0925 e. The Kier molecular flexibility index (Phi) is 5.53. The lowest BCUT2D eigenvalue weighted by Gasteiger charge is -2.40. The number of hydrogen-bond donors (Lipinski definition) is 0. The van der Waals surface area contributed by atoms with Gasteiger partial charge in [0.1, 0.15) is 0 Å². The van der Waals surface area contributed by atoms with Gasteiger partial charge in [-0.15, -0.1) is 0 Å². The fraction of sp³-hybridized carbons (Fsp3) is 0.733. The van der Waals surface area contributed by atoms with Crippen molar-refractivity contribution >= 4 is 0 Å². The molecule has 84 valence electrons. The maximum absolute atomic E-state index is 3.41. The average Bonchev–Trinajstić information content (AvgIpc) is 2.10. The Morgan fingerprint density at radius 3 is 1.40 bits per heavy atom. The molecule has 0 aliphatic heterocycles. The van der Waals surface area contributed by atoms with Crippen LogP contribution in [0.3, 0.4) is 0 Å². The molecule has 0 aromatic heterocycles. The molecule has 0 saturated carbocycles. The highest BCUT2D eigenvalue weighted by molar-refractivity contribution is 5.29. The van der Waals surface area contributed by atoms with Crippen molar-refractivity contribution in [1.29, 1.82) is 0 Å². The van der Waals surface area contributed by atoms with Crippen LogP contribution in [0, 0.1) is 46.9 Å². The molecule has 0 amide bonds. The molecule has 0 N–H and O–H groups in total. The van der Waals surface area contributed by atoms with Crippen molar-refractivity contribution in [3.05, 3.63) is 0 Å². The van der Waals surface area contributed by atoms with Gasteiger partial charge in [0.2, 0.25) is 0 Å². The van der Waals surface area contributed by atoms with Gasteiger partial charge in [-0.1, -0.05) is 53.4 Å². The maximum atomic E-state index is 3.41. The molecule has 0 aromatic carbocycles. The van der Waals surface area contributed by atoms with Crippen LogP contribution >= 0.6 is 0 Å². The third-order valence-corrected chi connectivity index (χ3v) is 3.33. The lowest BCUT2D eigenvalue weighted by molar-refractivity contribution is 0.123. The summed E-state index contributed by atoms with van der Waals surface area (Å²) in [6.45, 7) is 15.4. The van der Waals surface area contributed by atoms with Crippen LogP contribution in [0.5, 0.6) is 0 Å². The molecule has 0 aromatic rings. The van der Waals surface area contributed by atoms with Crippen LogP contribution in [0.4, 0.5) is 0 Å². The molecule has 0 heterocycles. The molecule has 0 spiro atoms. The molecule has 0 unspecified atom stereocenters. The summed E-state index contributed by atoms with van der Waals surface area (Å²) in [7, 11) is 0. The fourth-order valence-electron chi connectivity index (χ4n) is 2.64. The summed E-state index contributed by atoms with van der Waals surface area (Å²) in [6, 6.07) is 0. The topological polar surface area (TPSA) is 0 Å². The highest BCUT2D eigenvalue weighted by atomic mass is 14.4. The van der Waals surface area contributed by atoms with E-state index in [1.807, 2.05) is 6.92 Å². The summed E-state index contributed by atoms with van der Waals surface area (Å²) >= 11 is 0. The summed E-state index contributed by atoms with van der Waals surface area (Å²) in [5, 5.41) is 0. The van der Waals surface area contributed by atoms with E-state index in [2.05, 4.69) is 65.2 Å². The van der Waals surface area contributed by atoms with Gasteiger partial charge in [-0.05, 0) is 36.5 Å². The quantitative estimate of drug-likeness (QED) is 0.610. The molecule has 0 aliphatic carbocycles. The van der Waals surface area contributed by atoms with Gasteiger partial charge >= 0.3 is 0 Å². The van der Waals surface area contributed by atoms with Gasteiger partial charge in [-0.2, -0.15) is 0 Å². The van der Waals surface area contributed by atoms with Crippen molar-refractivity contribution in [3.63, 3.8) is 0 Å². The molecule has 0 bridgehead atoms. The lowest BCUT2D eigenvalue weighted by Crippen LogP contribution is -2.37. The average molecular weight is 204 g/mol. The van der Waals surface area contributed by atoms with E-state index in [9.17, 15) is 0 Å². The monoisotopic (exact) mass is 204 g/mol. The Hall–Kier alpha value is -0.880. The highest BCUT2D eigenvalue weighted by Crippen LogP contribution is 2.42. The van der Waals surface area contributed by atoms with Crippen LogP contribution in [0.15, 0.2) is 0 Å². The van der Waals surface area contributed by atoms with Crippen molar-refractivity contribution in [2.45, 2.75) is 48.5 Å². The first-order valence-electron chi connectivity index (χ1n) is 5.83. The molecule has 0 aliphatic rings. The van der Waals surface area contributed by atoms with E-state index >= 15 is 0 Å². The first-order valence-corrected chi connectivity index (χ1v) is 5.83. The van der Waals surface area contributed by atoms with Gasteiger partial charge < -0.3 is 0 Å². The van der Waals surface area contributed by atoms with E-state index in [4.69, 9.17) is 0 Å². The van der Waals surface area contributed by atoms with E-state index in [0.29, 0.717) is 17.8 Å². The Labute approximate surface area is 95.8 Å². The molecule has 0 rings (SSSR count). The first kappa shape index (κ1) is 14.1. The molecular weight excluding hydrogens is 180 g/mol. The Bertz CT molecular complexity index is 275. The van der Waals surface area contributed by atoms with E-state index in [-0.39, 0.29) is 5.41 Å². The summed E-state index contributed by atoms with van der Waals surface area (Å²) in [5.74, 6) is 13.8. The SMILES string of the molecule is CC#CC#CC(C(C)C)(C(C)C)C(C)C. The van der Waals surface area contributed by atoms with E-state index in [1.54, 1.807) is 0 Å². The van der Waals surface area contributed by atoms with E-state index < -0.39 is 0 Å². The molecule has 0 fully saturated rings. The standard InChI is InChI=1S/C15H24/c1-8-9-10-11-15(12(2)3,13(4)5)14(6)7/h12-14H,1-7H3. The van der Waals surface area contributed by atoms with Crippen LogP contribution in [-0.2, 0) is 0 Å². The predicted molar refractivity (Wildman–Crippen MR) is 68.2 cm³/mol. The van der Waals surface area contributed by atoms with Crippen molar-refractivity contribution in [2.75, 3.05) is 0 Å². The third kappa shape index (κ3) is 3.04. The van der Waals surface area contributed by atoms with Gasteiger partial charge in [0, 0.05) is 5.41 Å². The first-order chi connectivity index (χ1) is 6.89. The van der Waals surface area contributed by atoms with Gasteiger partial charge in [-0.25, -0.2) is 0 Å². The number of hydrogen-bond acceptors (Lipinski definition) is 0. The van der Waals surface area contributed by atoms with Gasteiger partial charge in [0.15, 0.2) is 0 Å². The van der Waals surface area contributed by atoms with Crippen molar-refractivity contribution in [1.82, 2.24) is 0 Å². The third-order valence-electron chi connectivity index (χ3n) is 3.33. The normalized spacial score (nSPS) is 11.1. The molecule has 0 atom stereocenters. The molecule has 0 heteroatoms. The second-order valence-electron chi connectivity index (χ2n) is 5.02. The Balaban J connectivity index is 5.33. The predicted octanol–water partition coefficient (Wildman–Crippen LogP) is 3.97. The highest BCUT2D eigenvalue weighted by Gasteiger charge is 2.38. The van der Waals surface area contributed by atoms with E-state index in [0.717, 1.165) is 0 Å². The molecular formula is C15H24. The van der Waals surface area contributed by atoms with Crippen LogP contribution in [-0.4, -0.2) is 0 Å².